The predicted molar refractivity (Wildman–Crippen MR) is 280 cm³/mol. The Morgan fingerprint density at radius 3 is 1.76 bits per heavy atom. The topological polar surface area (TPSA) is 44.9 Å². The largest absolute Gasteiger partial charge is 0.360 e. The first-order chi connectivity index (χ1) is 33.7. The Bertz CT molecular complexity index is 3510. The van der Waals surface area contributed by atoms with Crippen molar-refractivity contribution in [2.45, 2.75) is 18.1 Å². The molecular weight excluding hydrogens is 827 g/mol. The van der Waals surface area contributed by atoms with Gasteiger partial charge < -0.3 is 9.88 Å². The molecule has 5 nitrogen and oxygen atoms in total. The molecule has 0 saturated carbocycles. The number of rotatable bonds is 8. The van der Waals surface area contributed by atoms with Gasteiger partial charge in [0.15, 0.2) is 0 Å². The van der Waals surface area contributed by atoms with Gasteiger partial charge in [-0.15, -0.1) is 0 Å². The van der Waals surface area contributed by atoms with Crippen molar-refractivity contribution in [3.8, 4) is 5.69 Å². The number of hydrogen-bond acceptors (Lipinski definition) is 4. The molecule has 0 saturated heterocycles. The summed E-state index contributed by atoms with van der Waals surface area (Å²) in [4.78, 5) is 5.49. The molecule has 8 aromatic carbocycles. The molecule has 0 spiro atoms. The Hall–Kier alpha value is -8.54. The fraction of sp³-hybridized carbons (Fsp3) is 0.0794. The lowest BCUT2D eigenvalue weighted by molar-refractivity contribution is 0.229. The fourth-order valence-electron chi connectivity index (χ4n) is 11.2. The summed E-state index contributed by atoms with van der Waals surface area (Å²) in [5.41, 5.74) is 17.0. The van der Waals surface area contributed by atoms with Crippen molar-refractivity contribution in [1.29, 1.82) is 0 Å². The van der Waals surface area contributed by atoms with Crippen LogP contribution in [0.4, 0.5) is 0 Å². The van der Waals surface area contributed by atoms with Crippen molar-refractivity contribution in [2.75, 3.05) is 0 Å². The first kappa shape index (κ1) is 39.8. The van der Waals surface area contributed by atoms with E-state index in [1.165, 1.54) is 32.9 Å². The zero-order valence-corrected chi connectivity index (χ0v) is 37.3. The van der Waals surface area contributed by atoms with Crippen molar-refractivity contribution in [1.82, 2.24) is 14.9 Å². The highest BCUT2D eigenvalue weighted by atomic mass is 15.5. The van der Waals surface area contributed by atoms with Gasteiger partial charge in [-0.1, -0.05) is 212 Å². The Balaban J connectivity index is 0.971. The highest BCUT2D eigenvalue weighted by molar-refractivity contribution is 6.14. The van der Waals surface area contributed by atoms with Crippen LogP contribution in [0.3, 0.4) is 0 Å². The van der Waals surface area contributed by atoms with Gasteiger partial charge >= 0.3 is 0 Å². The van der Waals surface area contributed by atoms with Crippen LogP contribution in [0.5, 0.6) is 0 Å². The number of para-hydroxylation sites is 2. The molecule has 324 valence electrons. The van der Waals surface area contributed by atoms with E-state index in [0.717, 1.165) is 61.9 Å². The average Bonchev–Trinajstić information content (AvgIpc) is 3.99. The number of fused-ring (bicyclic) bond motifs is 6. The lowest BCUT2D eigenvalue weighted by Crippen LogP contribution is -2.45. The fourth-order valence-corrected chi connectivity index (χ4v) is 11.2. The second-order valence-corrected chi connectivity index (χ2v) is 18.1. The minimum atomic E-state index is -0.289. The van der Waals surface area contributed by atoms with E-state index >= 15 is 0 Å². The van der Waals surface area contributed by atoms with Crippen molar-refractivity contribution < 1.29 is 0 Å². The molecule has 0 bridgehead atoms. The first-order valence-electron chi connectivity index (χ1n) is 23.7. The maximum atomic E-state index is 5.71. The minimum Gasteiger partial charge on any atom is -0.360 e. The number of allylic oxidation sites excluding steroid dienone is 5. The number of aliphatic imine (C=N–C) groups is 1. The molecule has 0 amide bonds. The van der Waals surface area contributed by atoms with E-state index in [-0.39, 0.29) is 30.0 Å². The van der Waals surface area contributed by atoms with E-state index < -0.39 is 0 Å². The van der Waals surface area contributed by atoms with Crippen LogP contribution in [0.15, 0.2) is 259 Å². The van der Waals surface area contributed by atoms with Gasteiger partial charge in [0.25, 0.3) is 0 Å². The molecule has 4 heterocycles. The second kappa shape index (κ2) is 16.7. The Morgan fingerprint density at radius 1 is 0.471 bits per heavy atom. The van der Waals surface area contributed by atoms with E-state index in [2.05, 4.69) is 264 Å². The van der Waals surface area contributed by atoms with Crippen LogP contribution in [-0.2, 0) is 0 Å². The van der Waals surface area contributed by atoms with Crippen molar-refractivity contribution in [3.05, 3.63) is 288 Å². The highest BCUT2D eigenvalue weighted by Crippen LogP contribution is 2.54. The van der Waals surface area contributed by atoms with E-state index in [1.807, 2.05) is 0 Å². The molecule has 0 fully saturated rings. The molecule has 1 aliphatic carbocycles. The normalized spacial score (nSPS) is 20.7. The number of benzene rings is 8. The maximum absolute atomic E-state index is 5.71. The molecule has 0 radical (unpaired) electrons. The predicted octanol–water partition coefficient (Wildman–Crippen LogP) is 14.0. The monoisotopic (exact) mass is 873 g/mol. The van der Waals surface area contributed by atoms with Crippen molar-refractivity contribution >= 4 is 50.2 Å². The molecule has 4 aliphatic rings. The van der Waals surface area contributed by atoms with Crippen LogP contribution < -0.4 is 5.32 Å². The average molecular weight is 874 g/mol. The van der Waals surface area contributed by atoms with Gasteiger partial charge in [-0.2, -0.15) is 5.10 Å². The highest BCUT2D eigenvalue weighted by Gasteiger charge is 2.51. The lowest BCUT2D eigenvalue weighted by Gasteiger charge is -2.45. The zero-order chi connectivity index (χ0) is 45.0. The van der Waals surface area contributed by atoms with Gasteiger partial charge in [-0.25, -0.2) is 0 Å². The smallest absolute Gasteiger partial charge is 0.145 e. The number of aromatic nitrogens is 1. The Labute approximate surface area is 396 Å². The number of hydrogen-bond donors (Lipinski definition) is 1. The maximum Gasteiger partial charge on any atom is 0.145 e. The van der Waals surface area contributed by atoms with E-state index in [1.54, 1.807) is 0 Å². The molecule has 3 aliphatic heterocycles. The van der Waals surface area contributed by atoms with Crippen LogP contribution >= 0.6 is 0 Å². The number of nitrogens with zero attached hydrogens (tertiary/aromatic N) is 4. The molecule has 1 aromatic heterocycles. The summed E-state index contributed by atoms with van der Waals surface area (Å²) < 4.78 is 2.38. The number of nitrogens with one attached hydrogen (secondary N) is 1. The summed E-state index contributed by atoms with van der Waals surface area (Å²) >= 11 is 0. The standard InChI is InChI=1S/C63H47N5/c1-5-21-42(22-6-1)59-60(43-23-7-2-8-24-43)66-68-61(44-25-9-3-10-26-44)58(52-35-13-14-36-53(52)62(59)68)48-31-19-29-46(39-48)54-41-55(65-63(64-54)45-27-11-4-12-28-45)47-30-20-32-49(40-47)67-56-37-17-15-33-50(56)51-34-16-18-38-57(51)67/h1-41,52-53,59,62-63,65H. The van der Waals surface area contributed by atoms with Gasteiger partial charge in [0, 0.05) is 45.1 Å². The van der Waals surface area contributed by atoms with E-state index in [9.17, 15) is 0 Å². The second-order valence-electron chi connectivity index (χ2n) is 18.1. The number of hydrazone groups is 1. The summed E-state index contributed by atoms with van der Waals surface area (Å²) in [6.45, 7) is 0. The van der Waals surface area contributed by atoms with E-state index in [4.69, 9.17) is 10.1 Å². The van der Waals surface area contributed by atoms with Gasteiger partial charge in [0.05, 0.1) is 40.1 Å². The molecule has 5 unspecified atom stereocenters. The van der Waals surface area contributed by atoms with Gasteiger partial charge in [-0.05, 0) is 69.8 Å². The van der Waals surface area contributed by atoms with Gasteiger partial charge in [0.1, 0.15) is 6.17 Å². The molecule has 1 N–H and O–H groups in total. The van der Waals surface area contributed by atoms with Crippen molar-refractivity contribution in [2.24, 2.45) is 21.9 Å². The van der Waals surface area contributed by atoms with Gasteiger partial charge in [-0.3, -0.25) is 10.0 Å². The summed E-state index contributed by atoms with van der Waals surface area (Å²) in [7, 11) is 0. The molecule has 5 atom stereocenters. The quantitative estimate of drug-likeness (QED) is 0.165. The molecule has 68 heavy (non-hydrogen) atoms. The SMILES string of the molecule is C1=CC2C(c3cccc(C4=NC(c5ccccc5)NC(c5cccc(-n6c7ccccc7c7ccccc76)c5)=C4)c3)=C(c3ccccc3)N3N=C(c4ccccc4)C(c4ccccc4)C3C2C=C1. The third-order valence-corrected chi connectivity index (χ3v) is 14.2. The first-order valence-corrected chi connectivity index (χ1v) is 23.7. The van der Waals surface area contributed by atoms with Gasteiger partial charge in [0.2, 0.25) is 0 Å². The van der Waals surface area contributed by atoms with Crippen molar-refractivity contribution in [3.63, 3.8) is 0 Å². The van der Waals surface area contributed by atoms with Crippen LogP contribution in [0.1, 0.15) is 51.0 Å². The summed E-state index contributed by atoms with van der Waals surface area (Å²) in [5.74, 6) is 0.322. The summed E-state index contributed by atoms with van der Waals surface area (Å²) in [6.07, 6.45) is 11.3. The minimum absolute atomic E-state index is 0.0601. The van der Waals surface area contributed by atoms with Crippen LogP contribution in [0.25, 0.3) is 44.5 Å². The van der Waals surface area contributed by atoms with Crippen LogP contribution in [0, 0.1) is 11.8 Å². The van der Waals surface area contributed by atoms with Crippen LogP contribution in [0.2, 0.25) is 0 Å². The molecular formula is C63H47N5. The molecule has 9 aromatic rings. The van der Waals surface area contributed by atoms with E-state index in [0.29, 0.717) is 0 Å². The third kappa shape index (κ3) is 6.77. The molecule has 5 heteroatoms. The Kier molecular flexibility index (Phi) is 9.78. The summed E-state index contributed by atoms with van der Waals surface area (Å²) in [6, 6.07) is 78.6. The zero-order valence-electron chi connectivity index (χ0n) is 37.3. The lowest BCUT2D eigenvalue weighted by atomic mass is 9.67. The van der Waals surface area contributed by atoms with Crippen LogP contribution in [-0.4, -0.2) is 27.0 Å². The Morgan fingerprint density at radius 2 is 1.04 bits per heavy atom. The summed E-state index contributed by atoms with van der Waals surface area (Å²) in [5, 5.41) is 14.4. The molecule has 13 rings (SSSR count). The third-order valence-electron chi connectivity index (χ3n) is 14.2.